The summed E-state index contributed by atoms with van der Waals surface area (Å²) in [5.41, 5.74) is 3.45. The number of anilines is 1. The molecule has 1 aromatic heterocycles. The number of halogens is 1. The molecule has 0 radical (unpaired) electrons. The number of ether oxygens (including phenoxy) is 1. The molecule has 0 atom stereocenters. The van der Waals surface area contributed by atoms with E-state index >= 15 is 0 Å². The number of fused-ring (bicyclic) bond motifs is 1. The molecule has 5 nitrogen and oxygen atoms in total. The van der Waals surface area contributed by atoms with Crippen molar-refractivity contribution in [2.75, 3.05) is 12.4 Å². The lowest BCUT2D eigenvalue weighted by atomic mass is 10.0. The van der Waals surface area contributed by atoms with Gasteiger partial charge >= 0.3 is 0 Å². The van der Waals surface area contributed by atoms with Gasteiger partial charge < -0.3 is 15.0 Å². The van der Waals surface area contributed by atoms with Crippen LogP contribution in [0.4, 0.5) is 5.69 Å². The third kappa shape index (κ3) is 3.37. The van der Waals surface area contributed by atoms with Gasteiger partial charge in [0.15, 0.2) is 0 Å². The van der Waals surface area contributed by atoms with E-state index in [9.17, 15) is 9.59 Å². The minimum Gasteiger partial charge on any atom is -0.497 e. The maximum atomic E-state index is 12.6. The van der Waals surface area contributed by atoms with Crippen LogP contribution in [0.25, 0.3) is 10.9 Å². The molecular formula is C20H19BrN2O3. The fourth-order valence-corrected chi connectivity index (χ4v) is 3.44. The summed E-state index contributed by atoms with van der Waals surface area (Å²) >= 11 is 3.38. The van der Waals surface area contributed by atoms with E-state index in [-0.39, 0.29) is 11.5 Å². The van der Waals surface area contributed by atoms with E-state index < -0.39 is 0 Å². The monoisotopic (exact) mass is 414 g/mol. The van der Waals surface area contributed by atoms with Crippen LogP contribution in [-0.2, 0) is 6.42 Å². The smallest absolute Gasteiger partial charge is 0.256 e. The predicted molar refractivity (Wildman–Crippen MR) is 107 cm³/mol. The van der Waals surface area contributed by atoms with Crippen LogP contribution < -0.4 is 15.6 Å². The van der Waals surface area contributed by atoms with Crippen LogP contribution in [0.15, 0.2) is 45.7 Å². The Hall–Kier alpha value is -2.60. The van der Waals surface area contributed by atoms with E-state index in [1.54, 1.807) is 31.4 Å². The first-order valence-electron chi connectivity index (χ1n) is 8.25. The molecule has 0 saturated heterocycles. The van der Waals surface area contributed by atoms with Gasteiger partial charge in [-0.15, -0.1) is 0 Å². The molecule has 26 heavy (non-hydrogen) atoms. The largest absolute Gasteiger partial charge is 0.497 e. The summed E-state index contributed by atoms with van der Waals surface area (Å²) in [7, 11) is 1.55. The Morgan fingerprint density at radius 2 is 2.00 bits per heavy atom. The van der Waals surface area contributed by atoms with E-state index in [1.807, 2.05) is 26.0 Å². The minimum absolute atomic E-state index is 0.0866. The zero-order valence-electron chi connectivity index (χ0n) is 14.8. The first kappa shape index (κ1) is 18.2. The molecule has 0 aliphatic heterocycles. The Morgan fingerprint density at radius 3 is 2.69 bits per heavy atom. The highest BCUT2D eigenvalue weighted by Gasteiger charge is 2.13. The van der Waals surface area contributed by atoms with Gasteiger partial charge in [-0.3, -0.25) is 9.59 Å². The molecule has 0 saturated carbocycles. The van der Waals surface area contributed by atoms with Gasteiger partial charge in [-0.1, -0.05) is 13.0 Å². The number of carbonyl (C=O) groups is 1. The lowest BCUT2D eigenvalue weighted by Crippen LogP contribution is -2.15. The Bertz CT molecular complexity index is 1060. The van der Waals surface area contributed by atoms with Crippen molar-refractivity contribution >= 4 is 38.4 Å². The molecule has 0 fully saturated rings. The predicted octanol–water partition coefficient (Wildman–Crippen LogP) is 4.42. The highest BCUT2D eigenvalue weighted by Crippen LogP contribution is 2.25. The van der Waals surface area contributed by atoms with E-state index in [0.29, 0.717) is 33.4 Å². The van der Waals surface area contributed by atoms with Crippen molar-refractivity contribution in [1.29, 1.82) is 0 Å². The molecule has 134 valence electrons. The van der Waals surface area contributed by atoms with Gasteiger partial charge in [-0.25, -0.2) is 0 Å². The molecule has 0 spiro atoms. The summed E-state index contributed by atoms with van der Waals surface area (Å²) < 4.78 is 5.85. The highest BCUT2D eigenvalue weighted by atomic mass is 79.9. The number of hydrogen-bond acceptors (Lipinski definition) is 3. The molecule has 1 amide bonds. The number of carbonyl (C=O) groups excluding carboxylic acids is 1. The number of aryl methyl sites for hydroxylation is 1. The SMILES string of the molecule is CCc1c(C)c2ccc(NC(=O)c3cc(OC)ccc3Br)cc2[nH]c1=O. The maximum absolute atomic E-state index is 12.6. The summed E-state index contributed by atoms with van der Waals surface area (Å²) in [6, 6.07) is 10.7. The fourth-order valence-electron chi connectivity index (χ4n) is 3.01. The van der Waals surface area contributed by atoms with E-state index in [1.165, 1.54) is 0 Å². The Kier molecular flexibility index (Phi) is 5.13. The molecule has 3 aromatic rings. The van der Waals surface area contributed by atoms with Crippen LogP contribution in [0.5, 0.6) is 5.75 Å². The molecule has 0 unspecified atom stereocenters. The number of amides is 1. The molecule has 6 heteroatoms. The Balaban J connectivity index is 1.97. The van der Waals surface area contributed by atoms with Gasteiger partial charge in [0, 0.05) is 21.1 Å². The number of benzene rings is 2. The normalized spacial score (nSPS) is 10.8. The van der Waals surface area contributed by atoms with Crippen LogP contribution in [0.3, 0.4) is 0 Å². The van der Waals surface area contributed by atoms with Crippen molar-refractivity contribution in [2.24, 2.45) is 0 Å². The second kappa shape index (κ2) is 7.33. The Morgan fingerprint density at radius 1 is 1.23 bits per heavy atom. The lowest BCUT2D eigenvalue weighted by molar-refractivity contribution is 0.102. The van der Waals surface area contributed by atoms with E-state index in [2.05, 4.69) is 26.2 Å². The first-order chi connectivity index (χ1) is 12.4. The third-order valence-electron chi connectivity index (χ3n) is 4.43. The number of pyridine rings is 1. The Labute approximate surface area is 159 Å². The van der Waals surface area contributed by atoms with Crippen molar-refractivity contribution in [3.63, 3.8) is 0 Å². The van der Waals surface area contributed by atoms with Crippen LogP contribution >= 0.6 is 15.9 Å². The summed E-state index contributed by atoms with van der Waals surface area (Å²) in [6.45, 7) is 3.91. The molecule has 0 aliphatic carbocycles. The van der Waals surface area contributed by atoms with E-state index in [0.717, 1.165) is 16.5 Å². The van der Waals surface area contributed by atoms with Crippen molar-refractivity contribution in [3.05, 3.63) is 67.9 Å². The number of aromatic amines is 1. The number of hydrogen-bond donors (Lipinski definition) is 2. The van der Waals surface area contributed by atoms with Gasteiger partial charge in [-0.2, -0.15) is 0 Å². The van der Waals surface area contributed by atoms with Crippen LogP contribution in [-0.4, -0.2) is 18.0 Å². The second-order valence-electron chi connectivity index (χ2n) is 5.97. The molecule has 1 heterocycles. The average Bonchev–Trinajstić information content (AvgIpc) is 2.62. The summed E-state index contributed by atoms with van der Waals surface area (Å²) in [4.78, 5) is 27.7. The zero-order valence-corrected chi connectivity index (χ0v) is 16.4. The number of methoxy groups -OCH3 is 1. The maximum Gasteiger partial charge on any atom is 0.256 e. The minimum atomic E-state index is -0.264. The fraction of sp³-hybridized carbons (Fsp3) is 0.200. The summed E-state index contributed by atoms with van der Waals surface area (Å²) in [6.07, 6.45) is 0.680. The van der Waals surface area contributed by atoms with Crippen molar-refractivity contribution in [2.45, 2.75) is 20.3 Å². The molecule has 2 N–H and O–H groups in total. The van der Waals surface area contributed by atoms with Crippen LogP contribution in [0.2, 0.25) is 0 Å². The first-order valence-corrected chi connectivity index (χ1v) is 9.04. The van der Waals surface area contributed by atoms with Crippen molar-refractivity contribution in [3.8, 4) is 5.75 Å². The zero-order chi connectivity index (χ0) is 18.8. The second-order valence-corrected chi connectivity index (χ2v) is 6.83. The molecular weight excluding hydrogens is 396 g/mol. The number of rotatable bonds is 4. The van der Waals surface area contributed by atoms with Crippen molar-refractivity contribution in [1.82, 2.24) is 4.98 Å². The molecule has 2 aromatic carbocycles. The topological polar surface area (TPSA) is 71.2 Å². The standard InChI is InChI=1S/C20H19BrN2O3/c1-4-14-11(2)15-7-5-12(9-18(15)23-19(14)24)22-20(25)16-10-13(26-3)6-8-17(16)21/h5-10H,4H2,1-3H3,(H,22,25)(H,23,24). The molecule has 3 rings (SSSR count). The van der Waals surface area contributed by atoms with Crippen LogP contribution in [0.1, 0.15) is 28.4 Å². The van der Waals surface area contributed by atoms with Gasteiger partial charge in [0.05, 0.1) is 18.2 Å². The average molecular weight is 415 g/mol. The lowest BCUT2D eigenvalue weighted by Gasteiger charge is -2.11. The van der Waals surface area contributed by atoms with Gasteiger partial charge in [0.2, 0.25) is 0 Å². The van der Waals surface area contributed by atoms with E-state index in [4.69, 9.17) is 4.74 Å². The highest BCUT2D eigenvalue weighted by molar-refractivity contribution is 9.10. The third-order valence-corrected chi connectivity index (χ3v) is 5.12. The van der Waals surface area contributed by atoms with Gasteiger partial charge in [0.1, 0.15) is 5.75 Å². The van der Waals surface area contributed by atoms with Crippen molar-refractivity contribution < 1.29 is 9.53 Å². The molecule has 0 aliphatic rings. The molecule has 0 bridgehead atoms. The van der Waals surface area contributed by atoms with Gasteiger partial charge in [-0.05, 0) is 65.2 Å². The van der Waals surface area contributed by atoms with Gasteiger partial charge in [0.25, 0.3) is 11.5 Å². The number of aromatic nitrogens is 1. The quantitative estimate of drug-likeness (QED) is 0.663. The number of nitrogens with one attached hydrogen (secondary N) is 2. The summed E-state index contributed by atoms with van der Waals surface area (Å²) in [5, 5.41) is 3.84. The number of H-pyrrole nitrogens is 1. The summed E-state index contributed by atoms with van der Waals surface area (Å²) in [5.74, 6) is 0.336. The van der Waals surface area contributed by atoms with Crippen LogP contribution in [0, 0.1) is 6.92 Å².